The molecular weight excluding hydrogens is 166 g/mol. The van der Waals surface area contributed by atoms with Crippen molar-refractivity contribution in [2.24, 2.45) is 5.92 Å². The summed E-state index contributed by atoms with van der Waals surface area (Å²) in [4.78, 5) is 13.4. The molecule has 74 valence electrons. The van der Waals surface area contributed by atoms with E-state index >= 15 is 0 Å². The van der Waals surface area contributed by atoms with Crippen LogP contribution in [0.2, 0.25) is 0 Å². The number of carboxylic acid groups (broad SMARTS) is 1. The van der Waals surface area contributed by atoms with Gasteiger partial charge in [0.25, 0.3) is 0 Å². The van der Waals surface area contributed by atoms with E-state index in [4.69, 9.17) is 0 Å². The number of carbonyl (C=O) groups is 1. The Balaban J connectivity index is 2.10. The Morgan fingerprint density at radius 3 is 2.31 bits per heavy atom. The van der Waals surface area contributed by atoms with Gasteiger partial charge in [-0.2, -0.15) is 0 Å². The molecule has 0 aromatic carbocycles. The highest BCUT2D eigenvalue weighted by molar-refractivity contribution is 5.80. The lowest BCUT2D eigenvalue weighted by molar-refractivity contribution is -0.161. The van der Waals surface area contributed by atoms with E-state index in [0.717, 1.165) is 25.9 Å². The second-order valence-electron chi connectivity index (χ2n) is 4.54. The van der Waals surface area contributed by atoms with Gasteiger partial charge in [-0.1, -0.05) is 6.92 Å². The fourth-order valence-electron chi connectivity index (χ4n) is 2.81. The quantitative estimate of drug-likeness (QED) is 0.702. The first kappa shape index (κ1) is 9.00. The lowest BCUT2D eigenvalue weighted by atomic mass is 9.68. The minimum absolute atomic E-state index is 0.476. The fourth-order valence-corrected chi connectivity index (χ4v) is 2.81. The second kappa shape index (κ2) is 2.98. The van der Waals surface area contributed by atoms with Gasteiger partial charge in [-0.15, -0.1) is 0 Å². The van der Waals surface area contributed by atoms with E-state index in [2.05, 4.69) is 11.8 Å². The average molecular weight is 183 g/mol. The standard InChI is InChI=1S/C10H17NO2/c1-8-6-10(7-8,9(12)13)11-4-2-3-5-11/h8H,2-7H2,1H3,(H,12,13). The van der Waals surface area contributed by atoms with E-state index in [-0.39, 0.29) is 0 Å². The minimum Gasteiger partial charge on any atom is -0.480 e. The van der Waals surface area contributed by atoms with Crippen molar-refractivity contribution in [1.29, 1.82) is 0 Å². The molecule has 0 spiro atoms. The highest BCUT2D eigenvalue weighted by atomic mass is 16.4. The van der Waals surface area contributed by atoms with Gasteiger partial charge in [0.2, 0.25) is 0 Å². The maximum atomic E-state index is 11.2. The molecule has 1 heterocycles. The van der Waals surface area contributed by atoms with E-state index in [1.54, 1.807) is 0 Å². The number of carboxylic acids is 1. The van der Waals surface area contributed by atoms with Gasteiger partial charge < -0.3 is 5.11 Å². The third-order valence-corrected chi connectivity index (χ3v) is 3.48. The van der Waals surface area contributed by atoms with Crippen molar-refractivity contribution in [3.8, 4) is 0 Å². The molecular formula is C10H17NO2. The number of rotatable bonds is 2. The van der Waals surface area contributed by atoms with Crippen LogP contribution in [0.15, 0.2) is 0 Å². The van der Waals surface area contributed by atoms with E-state index in [1.165, 1.54) is 12.8 Å². The average Bonchev–Trinajstić information content (AvgIpc) is 2.49. The first-order chi connectivity index (χ1) is 6.15. The van der Waals surface area contributed by atoms with Crippen molar-refractivity contribution < 1.29 is 9.90 Å². The third kappa shape index (κ3) is 1.26. The number of aliphatic carboxylic acids is 1. The third-order valence-electron chi connectivity index (χ3n) is 3.48. The summed E-state index contributed by atoms with van der Waals surface area (Å²) < 4.78 is 0. The highest BCUT2D eigenvalue weighted by Crippen LogP contribution is 2.43. The molecule has 0 unspecified atom stereocenters. The first-order valence-corrected chi connectivity index (χ1v) is 5.13. The zero-order valence-electron chi connectivity index (χ0n) is 8.12. The lowest BCUT2D eigenvalue weighted by Gasteiger charge is -2.48. The van der Waals surface area contributed by atoms with Gasteiger partial charge in [0.15, 0.2) is 0 Å². The molecule has 0 radical (unpaired) electrons. The SMILES string of the molecule is CC1CC(C(=O)O)(N2CCCC2)C1. The number of nitrogens with zero attached hydrogens (tertiary/aromatic N) is 1. The lowest BCUT2D eigenvalue weighted by Crippen LogP contribution is -2.61. The van der Waals surface area contributed by atoms with E-state index in [0.29, 0.717) is 5.92 Å². The van der Waals surface area contributed by atoms with E-state index in [9.17, 15) is 9.90 Å². The molecule has 0 aromatic rings. The van der Waals surface area contributed by atoms with Gasteiger partial charge >= 0.3 is 5.97 Å². The van der Waals surface area contributed by atoms with Crippen molar-refractivity contribution in [3.63, 3.8) is 0 Å². The van der Waals surface area contributed by atoms with Crippen LogP contribution < -0.4 is 0 Å². The molecule has 0 bridgehead atoms. The Labute approximate surface area is 78.7 Å². The van der Waals surface area contributed by atoms with Crippen LogP contribution in [-0.4, -0.2) is 34.6 Å². The van der Waals surface area contributed by atoms with Crippen LogP contribution in [0.4, 0.5) is 0 Å². The van der Waals surface area contributed by atoms with Crippen molar-refractivity contribution in [1.82, 2.24) is 4.90 Å². The monoisotopic (exact) mass is 183 g/mol. The van der Waals surface area contributed by atoms with Crippen LogP contribution in [-0.2, 0) is 4.79 Å². The molecule has 0 atom stereocenters. The summed E-state index contributed by atoms with van der Waals surface area (Å²) in [5, 5.41) is 9.22. The maximum Gasteiger partial charge on any atom is 0.324 e. The number of hydrogen-bond donors (Lipinski definition) is 1. The summed E-state index contributed by atoms with van der Waals surface area (Å²) in [7, 11) is 0. The van der Waals surface area contributed by atoms with Crippen LogP contribution in [0.1, 0.15) is 32.6 Å². The Bertz CT molecular complexity index is 215. The molecule has 2 aliphatic rings. The van der Waals surface area contributed by atoms with Crippen LogP contribution in [0.25, 0.3) is 0 Å². The Morgan fingerprint density at radius 1 is 1.38 bits per heavy atom. The van der Waals surface area contributed by atoms with Gasteiger partial charge in [-0.05, 0) is 44.7 Å². The smallest absolute Gasteiger partial charge is 0.324 e. The zero-order chi connectivity index (χ0) is 9.47. The van der Waals surface area contributed by atoms with Gasteiger partial charge in [0, 0.05) is 0 Å². The maximum absolute atomic E-state index is 11.2. The molecule has 3 heteroatoms. The second-order valence-corrected chi connectivity index (χ2v) is 4.54. The normalized spacial score (nSPS) is 40.2. The van der Waals surface area contributed by atoms with Crippen molar-refractivity contribution in [2.45, 2.75) is 38.1 Å². The van der Waals surface area contributed by atoms with Gasteiger partial charge in [0.05, 0.1) is 0 Å². The number of likely N-dealkylation sites (tertiary alicyclic amines) is 1. The highest BCUT2D eigenvalue weighted by Gasteiger charge is 2.53. The summed E-state index contributed by atoms with van der Waals surface area (Å²) in [6.45, 7) is 4.11. The predicted octanol–water partition coefficient (Wildman–Crippen LogP) is 1.34. The summed E-state index contributed by atoms with van der Waals surface area (Å²) >= 11 is 0. The van der Waals surface area contributed by atoms with Crippen LogP contribution in [0, 0.1) is 5.92 Å². The van der Waals surface area contributed by atoms with Crippen molar-refractivity contribution >= 4 is 5.97 Å². The molecule has 1 N–H and O–H groups in total. The zero-order valence-corrected chi connectivity index (χ0v) is 8.12. The number of hydrogen-bond acceptors (Lipinski definition) is 2. The summed E-state index contributed by atoms with van der Waals surface area (Å²) in [6.07, 6.45) is 4.04. The van der Waals surface area contributed by atoms with E-state index < -0.39 is 11.5 Å². The largest absolute Gasteiger partial charge is 0.480 e. The van der Waals surface area contributed by atoms with Crippen LogP contribution in [0.3, 0.4) is 0 Å². The van der Waals surface area contributed by atoms with Crippen molar-refractivity contribution in [2.75, 3.05) is 13.1 Å². The van der Waals surface area contributed by atoms with Gasteiger partial charge in [-0.3, -0.25) is 9.69 Å². The predicted molar refractivity (Wildman–Crippen MR) is 49.6 cm³/mol. The molecule has 0 amide bonds. The Kier molecular flexibility index (Phi) is 2.06. The topological polar surface area (TPSA) is 40.5 Å². The summed E-state index contributed by atoms with van der Waals surface area (Å²) in [5.41, 5.74) is -0.476. The minimum atomic E-state index is -0.604. The first-order valence-electron chi connectivity index (χ1n) is 5.13. The fraction of sp³-hybridized carbons (Fsp3) is 0.900. The molecule has 0 aromatic heterocycles. The Morgan fingerprint density at radius 2 is 1.92 bits per heavy atom. The van der Waals surface area contributed by atoms with Gasteiger partial charge in [-0.25, -0.2) is 0 Å². The molecule has 1 saturated carbocycles. The molecule has 13 heavy (non-hydrogen) atoms. The van der Waals surface area contributed by atoms with E-state index in [1.807, 2.05) is 0 Å². The van der Waals surface area contributed by atoms with Crippen LogP contribution in [0.5, 0.6) is 0 Å². The molecule has 1 saturated heterocycles. The summed E-state index contributed by atoms with van der Waals surface area (Å²) in [5.74, 6) is -0.0100. The van der Waals surface area contributed by atoms with Gasteiger partial charge in [0.1, 0.15) is 5.54 Å². The molecule has 3 nitrogen and oxygen atoms in total. The van der Waals surface area contributed by atoms with Crippen LogP contribution >= 0.6 is 0 Å². The molecule has 1 aliphatic heterocycles. The van der Waals surface area contributed by atoms with Crippen molar-refractivity contribution in [3.05, 3.63) is 0 Å². The summed E-state index contributed by atoms with van der Waals surface area (Å²) in [6, 6.07) is 0. The molecule has 2 rings (SSSR count). The molecule has 2 fully saturated rings. The Hall–Kier alpha value is -0.570. The molecule has 1 aliphatic carbocycles.